The highest BCUT2D eigenvalue weighted by atomic mass is 16.5. The zero-order valence-electron chi connectivity index (χ0n) is 21.0. The number of benzene rings is 3. The van der Waals surface area contributed by atoms with Gasteiger partial charge in [-0.05, 0) is 43.0 Å². The molecular weight excluding hydrogens is 432 g/mol. The van der Waals surface area contributed by atoms with Gasteiger partial charge >= 0.3 is 0 Å². The molecule has 0 saturated heterocycles. The average molecular weight is 467 g/mol. The number of hydrogen-bond acceptors (Lipinski definition) is 2. The van der Waals surface area contributed by atoms with Crippen LogP contribution >= 0.6 is 0 Å². The van der Waals surface area contributed by atoms with E-state index in [9.17, 15) is 4.79 Å². The fraction of sp³-hybridized carbons (Fsp3) is 0.323. The molecule has 4 heteroatoms. The summed E-state index contributed by atoms with van der Waals surface area (Å²) in [5.74, 6) is 0.113. The lowest BCUT2D eigenvalue weighted by atomic mass is 9.93. The van der Waals surface area contributed by atoms with Crippen molar-refractivity contribution in [2.45, 2.75) is 39.2 Å². The molecule has 1 aliphatic rings. The zero-order chi connectivity index (χ0) is 24.4. The number of nitrogens with zero attached hydrogens (tertiary/aromatic N) is 2. The first-order chi connectivity index (χ1) is 17.1. The predicted molar refractivity (Wildman–Crippen MR) is 143 cm³/mol. The van der Waals surface area contributed by atoms with E-state index in [1.54, 1.807) is 0 Å². The van der Waals surface area contributed by atoms with Gasteiger partial charge in [0.1, 0.15) is 0 Å². The lowest BCUT2D eigenvalue weighted by molar-refractivity contribution is 0.0709. The minimum atomic E-state index is -0.128. The van der Waals surface area contributed by atoms with Crippen molar-refractivity contribution in [2.75, 3.05) is 19.8 Å². The Morgan fingerprint density at radius 2 is 1.60 bits per heavy atom. The van der Waals surface area contributed by atoms with E-state index in [-0.39, 0.29) is 11.9 Å². The lowest BCUT2D eigenvalue weighted by Gasteiger charge is -2.27. The predicted octanol–water partition coefficient (Wildman–Crippen LogP) is 6.91. The number of carbonyl (C=O) groups excluding carboxylic acids is 1. The third-order valence-electron chi connectivity index (χ3n) is 7.13. The highest BCUT2D eigenvalue weighted by Crippen LogP contribution is 2.46. The van der Waals surface area contributed by atoms with Crippen molar-refractivity contribution in [2.24, 2.45) is 7.05 Å². The molecule has 1 atom stereocenters. The molecule has 0 saturated carbocycles. The average Bonchev–Trinajstić information content (AvgIpc) is 3.33. The number of aryl methyl sites for hydroxylation is 2. The fourth-order valence-corrected chi connectivity index (χ4v) is 5.36. The molecule has 0 aliphatic carbocycles. The first-order valence-corrected chi connectivity index (χ1v) is 12.7. The minimum absolute atomic E-state index is 0.113. The zero-order valence-corrected chi connectivity index (χ0v) is 21.0. The van der Waals surface area contributed by atoms with Crippen molar-refractivity contribution in [3.63, 3.8) is 0 Å². The summed E-state index contributed by atoms with van der Waals surface area (Å²) < 4.78 is 8.11. The van der Waals surface area contributed by atoms with Gasteiger partial charge in [-0.1, -0.05) is 79.6 Å². The Morgan fingerprint density at radius 1 is 0.886 bits per heavy atom. The number of unbranched alkanes of at least 4 members (excludes halogenated alkanes) is 1. The van der Waals surface area contributed by atoms with Crippen LogP contribution in [0.25, 0.3) is 22.2 Å². The Hall–Kier alpha value is -3.37. The summed E-state index contributed by atoms with van der Waals surface area (Å²) in [6.45, 7) is 6.41. The lowest BCUT2D eigenvalue weighted by Crippen LogP contribution is -2.30. The molecule has 4 aromatic rings. The Labute approximate surface area is 208 Å². The summed E-state index contributed by atoms with van der Waals surface area (Å²) in [5, 5.41) is 1.20. The monoisotopic (exact) mass is 466 g/mol. The Bertz CT molecular complexity index is 1340. The molecular formula is C31H34N2O2. The number of rotatable bonds is 9. The molecule has 1 aliphatic heterocycles. The number of hydrogen-bond donors (Lipinski definition) is 0. The maximum atomic E-state index is 13.7. The second-order valence-corrected chi connectivity index (χ2v) is 9.51. The minimum Gasteiger partial charge on any atom is -0.381 e. The summed E-state index contributed by atoms with van der Waals surface area (Å²) in [6, 6.07) is 25.2. The molecule has 1 amide bonds. The Morgan fingerprint density at radius 3 is 2.40 bits per heavy atom. The van der Waals surface area contributed by atoms with E-state index in [1.165, 1.54) is 33.3 Å². The summed E-state index contributed by atoms with van der Waals surface area (Å²) in [5.41, 5.74) is 7.87. The number of amides is 1. The van der Waals surface area contributed by atoms with E-state index < -0.39 is 0 Å². The van der Waals surface area contributed by atoms with E-state index in [4.69, 9.17) is 4.74 Å². The maximum absolute atomic E-state index is 13.7. The molecule has 0 radical (unpaired) electrons. The van der Waals surface area contributed by atoms with Gasteiger partial charge in [-0.2, -0.15) is 0 Å². The van der Waals surface area contributed by atoms with Crippen LogP contribution in [0.2, 0.25) is 0 Å². The van der Waals surface area contributed by atoms with Crippen molar-refractivity contribution in [1.82, 2.24) is 9.47 Å². The molecule has 1 aromatic heterocycles. The molecule has 5 rings (SSSR count). The topological polar surface area (TPSA) is 34.5 Å². The molecule has 0 bridgehead atoms. The quantitative estimate of drug-likeness (QED) is 0.251. The van der Waals surface area contributed by atoms with E-state index in [0.29, 0.717) is 13.2 Å². The van der Waals surface area contributed by atoms with E-state index in [0.717, 1.165) is 37.0 Å². The molecule has 0 spiro atoms. The second-order valence-electron chi connectivity index (χ2n) is 9.51. The molecule has 35 heavy (non-hydrogen) atoms. The van der Waals surface area contributed by atoms with E-state index >= 15 is 0 Å². The molecule has 2 heterocycles. The highest BCUT2D eigenvalue weighted by Gasteiger charge is 2.40. The molecule has 1 unspecified atom stereocenters. The first-order valence-electron chi connectivity index (χ1n) is 12.7. The number of aromatic nitrogens is 1. The second kappa shape index (κ2) is 10.1. The largest absolute Gasteiger partial charge is 0.381 e. The van der Waals surface area contributed by atoms with Crippen molar-refractivity contribution in [3.8, 4) is 11.3 Å². The summed E-state index contributed by atoms with van der Waals surface area (Å²) in [6.07, 6.45) is 3.03. The van der Waals surface area contributed by atoms with Gasteiger partial charge in [0.2, 0.25) is 0 Å². The first kappa shape index (κ1) is 23.4. The van der Waals surface area contributed by atoms with Gasteiger partial charge in [0.05, 0.1) is 11.7 Å². The number of fused-ring (bicyclic) bond motifs is 2. The molecule has 0 N–H and O–H groups in total. The van der Waals surface area contributed by atoms with Crippen LogP contribution < -0.4 is 0 Å². The van der Waals surface area contributed by atoms with Crippen LogP contribution in [0.5, 0.6) is 0 Å². The molecule has 4 nitrogen and oxygen atoms in total. The van der Waals surface area contributed by atoms with Crippen LogP contribution in [0.15, 0.2) is 72.8 Å². The van der Waals surface area contributed by atoms with Crippen molar-refractivity contribution >= 4 is 16.8 Å². The van der Waals surface area contributed by atoms with Crippen molar-refractivity contribution in [1.29, 1.82) is 0 Å². The van der Waals surface area contributed by atoms with Crippen LogP contribution in [0.4, 0.5) is 0 Å². The van der Waals surface area contributed by atoms with Crippen LogP contribution in [-0.2, 0) is 11.8 Å². The fourth-order valence-electron chi connectivity index (χ4n) is 5.36. The smallest absolute Gasteiger partial charge is 0.255 e. The van der Waals surface area contributed by atoms with Crippen LogP contribution in [-0.4, -0.2) is 35.1 Å². The van der Waals surface area contributed by atoms with Crippen molar-refractivity contribution in [3.05, 3.63) is 95.1 Å². The van der Waals surface area contributed by atoms with Gasteiger partial charge in [0.15, 0.2) is 0 Å². The maximum Gasteiger partial charge on any atom is 0.255 e. The third kappa shape index (κ3) is 4.28. The highest BCUT2D eigenvalue weighted by molar-refractivity contribution is 6.02. The summed E-state index contributed by atoms with van der Waals surface area (Å²) >= 11 is 0. The molecule has 0 fully saturated rings. The Kier molecular flexibility index (Phi) is 6.74. The van der Waals surface area contributed by atoms with Gasteiger partial charge in [-0.15, -0.1) is 0 Å². The summed E-state index contributed by atoms with van der Waals surface area (Å²) in [7, 11) is 2.13. The normalized spacial score (nSPS) is 15.2. The SMILES string of the molecule is CCCCOCCCN1C(=O)c2ccccc2C1c1c(-c2ccc(C)cc2)n(C)c2ccccc12. The van der Waals surface area contributed by atoms with Gasteiger partial charge < -0.3 is 14.2 Å². The van der Waals surface area contributed by atoms with Crippen molar-refractivity contribution < 1.29 is 9.53 Å². The number of para-hydroxylation sites is 1. The van der Waals surface area contributed by atoms with Gasteiger partial charge in [-0.25, -0.2) is 0 Å². The molecule has 180 valence electrons. The van der Waals surface area contributed by atoms with Crippen LogP contribution in [0.1, 0.15) is 59.3 Å². The summed E-state index contributed by atoms with van der Waals surface area (Å²) in [4.78, 5) is 15.7. The third-order valence-corrected chi connectivity index (χ3v) is 7.13. The van der Waals surface area contributed by atoms with Gasteiger partial charge in [-0.3, -0.25) is 4.79 Å². The van der Waals surface area contributed by atoms with Gasteiger partial charge in [0, 0.05) is 48.8 Å². The van der Waals surface area contributed by atoms with Gasteiger partial charge in [0.25, 0.3) is 5.91 Å². The standard InChI is InChI=1S/C31H34N2O2/c1-4-5-20-35-21-10-19-33-30(24-11-6-7-12-25(24)31(33)34)28-26-13-8-9-14-27(26)32(3)29(28)23-17-15-22(2)16-18-23/h6-9,11-18,30H,4-5,10,19-21H2,1-3H3. The van der Waals surface area contributed by atoms with E-state index in [1.807, 2.05) is 18.2 Å². The molecule has 3 aromatic carbocycles. The number of carbonyl (C=O) groups is 1. The van der Waals surface area contributed by atoms with E-state index in [2.05, 4.69) is 85.0 Å². The Balaban J connectivity index is 1.62. The van der Waals surface area contributed by atoms with Crippen LogP contribution in [0.3, 0.4) is 0 Å². The number of ether oxygens (including phenoxy) is 1. The van der Waals surface area contributed by atoms with Crippen LogP contribution in [0, 0.1) is 6.92 Å².